The maximum Gasteiger partial charge on any atom is 0.130 e. The lowest BCUT2D eigenvalue weighted by atomic mass is 9.96. The monoisotopic (exact) mass is 898 g/mol. The standard InChI is InChI=1S/C59H58N6O3/c1-3-5-7-9-11-21-31-66-49-33-44(34-50(42-49)67-32-22-12-10-8-6-4-2)43-68-51-36-45(47-38-56(52-23-13-17-27-60-52)64-57(39-47)53-24-14-18-28-61-53)35-46(37-51)48-40-58(54-25-15-19-29-62-54)65-59(41-48)55-26-16-20-30-63-55/h13-42H,3-12,43H2,1-2H3/b31-21+,32-22+. The molecule has 0 bridgehead atoms. The van der Waals surface area contributed by atoms with Gasteiger partial charge in [-0.1, -0.05) is 76.6 Å². The Hall–Kier alpha value is -7.78. The molecule has 68 heavy (non-hydrogen) atoms. The van der Waals surface area contributed by atoms with Gasteiger partial charge < -0.3 is 14.2 Å². The largest absolute Gasteiger partial charge is 0.489 e. The van der Waals surface area contributed by atoms with Crippen molar-refractivity contribution >= 4 is 0 Å². The third kappa shape index (κ3) is 13.4. The van der Waals surface area contributed by atoms with Gasteiger partial charge in [0, 0.05) is 30.9 Å². The lowest BCUT2D eigenvalue weighted by Gasteiger charge is -2.15. The number of hydrogen-bond acceptors (Lipinski definition) is 9. The second-order valence-electron chi connectivity index (χ2n) is 16.6. The minimum Gasteiger partial charge on any atom is -0.489 e. The maximum absolute atomic E-state index is 6.82. The minimum atomic E-state index is 0.251. The smallest absolute Gasteiger partial charge is 0.130 e. The van der Waals surface area contributed by atoms with Gasteiger partial charge in [0.2, 0.25) is 0 Å². The summed E-state index contributed by atoms with van der Waals surface area (Å²) in [6.45, 7) is 4.71. The number of unbranched alkanes of at least 4 members (excludes halogenated alkanes) is 8. The van der Waals surface area contributed by atoms with Crippen molar-refractivity contribution in [1.29, 1.82) is 0 Å². The van der Waals surface area contributed by atoms with E-state index in [1.54, 1.807) is 37.3 Å². The molecule has 0 spiro atoms. The second kappa shape index (κ2) is 24.7. The van der Waals surface area contributed by atoms with Gasteiger partial charge in [-0.2, -0.15) is 0 Å². The van der Waals surface area contributed by atoms with Gasteiger partial charge in [-0.3, -0.25) is 19.9 Å². The first-order valence-electron chi connectivity index (χ1n) is 23.9. The molecule has 0 atom stereocenters. The van der Waals surface area contributed by atoms with Gasteiger partial charge in [0.05, 0.1) is 58.1 Å². The van der Waals surface area contributed by atoms with Crippen molar-refractivity contribution in [2.75, 3.05) is 0 Å². The predicted molar refractivity (Wildman–Crippen MR) is 274 cm³/mol. The Morgan fingerprint density at radius 1 is 0.382 bits per heavy atom. The normalized spacial score (nSPS) is 11.3. The van der Waals surface area contributed by atoms with Crippen molar-refractivity contribution in [2.45, 2.75) is 84.7 Å². The van der Waals surface area contributed by atoms with Crippen molar-refractivity contribution < 1.29 is 14.2 Å². The lowest BCUT2D eigenvalue weighted by Crippen LogP contribution is -1.99. The number of benzene rings is 2. The van der Waals surface area contributed by atoms with Crippen molar-refractivity contribution in [2.24, 2.45) is 0 Å². The van der Waals surface area contributed by atoms with Crippen LogP contribution in [0.25, 0.3) is 67.8 Å². The number of ether oxygens (including phenoxy) is 3. The zero-order valence-corrected chi connectivity index (χ0v) is 39.0. The minimum absolute atomic E-state index is 0.251. The van der Waals surface area contributed by atoms with E-state index in [0.717, 1.165) is 99.1 Å². The van der Waals surface area contributed by atoms with Crippen molar-refractivity contribution in [1.82, 2.24) is 29.9 Å². The molecule has 0 amide bonds. The summed E-state index contributed by atoms with van der Waals surface area (Å²) in [4.78, 5) is 28.8. The van der Waals surface area contributed by atoms with Crippen LogP contribution in [-0.4, -0.2) is 29.9 Å². The van der Waals surface area contributed by atoms with Gasteiger partial charge >= 0.3 is 0 Å². The van der Waals surface area contributed by atoms with Gasteiger partial charge in [-0.25, -0.2) is 9.97 Å². The van der Waals surface area contributed by atoms with Gasteiger partial charge in [0.1, 0.15) is 23.9 Å². The highest BCUT2D eigenvalue weighted by Crippen LogP contribution is 2.37. The highest BCUT2D eigenvalue weighted by Gasteiger charge is 2.16. The first-order chi connectivity index (χ1) is 33.6. The summed E-state index contributed by atoms with van der Waals surface area (Å²) in [5.41, 5.74) is 10.5. The Balaban J connectivity index is 1.19. The van der Waals surface area contributed by atoms with Crippen molar-refractivity contribution in [3.8, 4) is 85.1 Å². The van der Waals surface area contributed by atoms with E-state index >= 15 is 0 Å². The molecule has 0 fully saturated rings. The third-order valence-electron chi connectivity index (χ3n) is 11.3. The number of nitrogens with zero attached hydrogens (tertiary/aromatic N) is 6. The van der Waals surface area contributed by atoms with Crippen molar-refractivity contribution in [3.63, 3.8) is 0 Å². The molecule has 6 heterocycles. The summed E-state index contributed by atoms with van der Waals surface area (Å²) in [5, 5.41) is 0. The van der Waals surface area contributed by atoms with Crippen LogP contribution in [0.1, 0.15) is 83.6 Å². The second-order valence-corrected chi connectivity index (χ2v) is 16.6. The van der Waals surface area contributed by atoms with Crippen molar-refractivity contribution in [3.05, 3.63) is 188 Å². The Kier molecular flexibility index (Phi) is 17.0. The van der Waals surface area contributed by atoms with Crippen LogP contribution in [-0.2, 0) is 6.61 Å². The maximum atomic E-state index is 6.82. The summed E-state index contributed by atoms with van der Waals surface area (Å²) < 4.78 is 19.2. The molecule has 0 saturated carbocycles. The number of allylic oxidation sites excluding steroid dienone is 2. The van der Waals surface area contributed by atoms with Gasteiger partial charge in [0.25, 0.3) is 0 Å². The molecule has 8 rings (SSSR count). The summed E-state index contributed by atoms with van der Waals surface area (Å²) in [7, 11) is 0. The summed E-state index contributed by atoms with van der Waals surface area (Å²) in [6.07, 6.45) is 26.5. The molecular formula is C59H58N6O3. The SMILES string of the molecule is CCCCCC/C=C/Oc1cc(COc2cc(-c3cc(-c4ccccn4)nc(-c4ccccn4)c3)cc(-c3cc(-c4ccccn4)nc(-c4ccccn4)c3)c2)cc(O/C=C/CCCCCC)c1. The Bertz CT molecular complexity index is 2570. The number of pyridine rings is 6. The molecule has 0 radical (unpaired) electrons. The topological polar surface area (TPSA) is 105 Å². The molecule has 0 saturated heterocycles. The zero-order valence-electron chi connectivity index (χ0n) is 39.0. The van der Waals surface area contributed by atoms with Crippen LogP contribution in [0.5, 0.6) is 17.2 Å². The number of aromatic nitrogens is 6. The summed E-state index contributed by atoms with van der Waals surface area (Å²) in [6, 6.07) is 43.9. The fraction of sp³-hybridized carbons (Fsp3) is 0.220. The molecule has 0 N–H and O–H groups in total. The van der Waals surface area contributed by atoms with E-state index in [1.807, 2.05) is 91.0 Å². The van der Waals surface area contributed by atoms with E-state index in [2.05, 4.69) is 88.4 Å². The van der Waals surface area contributed by atoms with Crippen LogP contribution >= 0.6 is 0 Å². The summed E-state index contributed by atoms with van der Waals surface area (Å²) >= 11 is 0. The molecule has 8 aromatic rings. The summed E-state index contributed by atoms with van der Waals surface area (Å²) in [5.74, 6) is 2.02. The molecule has 0 aliphatic rings. The molecule has 9 nitrogen and oxygen atoms in total. The average Bonchev–Trinajstić information content (AvgIpc) is 3.40. The molecule has 342 valence electrons. The Morgan fingerprint density at radius 3 is 1.15 bits per heavy atom. The lowest BCUT2D eigenvalue weighted by molar-refractivity contribution is 0.305. The van der Waals surface area contributed by atoms with Crippen LogP contribution < -0.4 is 14.2 Å². The van der Waals surface area contributed by atoms with E-state index < -0.39 is 0 Å². The van der Waals surface area contributed by atoms with E-state index in [0.29, 0.717) is 17.2 Å². The van der Waals surface area contributed by atoms with Crippen LogP contribution in [0.3, 0.4) is 0 Å². The molecule has 6 aromatic heterocycles. The molecule has 0 aliphatic heterocycles. The van der Waals surface area contributed by atoms with Gasteiger partial charge in [0.15, 0.2) is 0 Å². The third-order valence-corrected chi connectivity index (χ3v) is 11.3. The van der Waals surface area contributed by atoms with Crippen LogP contribution in [0.15, 0.2) is 183 Å². The quantitative estimate of drug-likeness (QED) is 0.0458. The fourth-order valence-electron chi connectivity index (χ4n) is 7.78. The van der Waals surface area contributed by atoms with Crippen LogP contribution in [0.4, 0.5) is 0 Å². The highest BCUT2D eigenvalue weighted by molar-refractivity contribution is 5.82. The van der Waals surface area contributed by atoms with Crippen LogP contribution in [0.2, 0.25) is 0 Å². The molecule has 2 aromatic carbocycles. The molecule has 9 heteroatoms. The van der Waals surface area contributed by atoms with E-state index in [4.69, 9.17) is 24.2 Å². The van der Waals surface area contributed by atoms with E-state index in [1.165, 1.54) is 38.5 Å². The number of hydrogen-bond donors (Lipinski definition) is 0. The fourth-order valence-corrected chi connectivity index (χ4v) is 7.78. The van der Waals surface area contributed by atoms with E-state index in [-0.39, 0.29) is 6.61 Å². The molecule has 0 aliphatic carbocycles. The average molecular weight is 899 g/mol. The highest BCUT2D eigenvalue weighted by atomic mass is 16.5. The van der Waals surface area contributed by atoms with Crippen LogP contribution in [0, 0.1) is 0 Å². The zero-order chi connectivity index (χ0) is 46.6. The van der Waals surface area contributed by atoms with Gasteiger partial charge in [-0.05, 0) is 169 Å². The Labute approximate surface area is 400 Å². The molecular weight excluding hydrogens is 841 g/mol. The van der Waals surface area contributed by atoms with E-state index in [9.17, 15) is 0 Å². The molecule has 0 unspecified atom stereocenters. The van der Waals surface area contributed by atoms with Gasteiger partial charge in [-0.15, -0.1) is 0 Å². The Morgan fingerprint density at radius 2 is 0.779 bits per heavy atom. The number of rotatable bonds is 23. The predicted octanol–water partition coefficient (Wildman–Crippen LogP) is 15.4. The first kappa shape index (κ1) is 46.7. The first-order valence-corrected chi connectivity index (χ1v) is 23.9.